The Bertz CT molecular complexity index is 692. The largest absolute Gasteiger partial charge is 0.482 e. The Balaban J connectivity index is 1.44. The molecular formula is C20H27N3O5. The van der Waals surface area contributed by atoms with E-state index in [4.69, 9.17) is 4.74 Å². The highest BCUT2D eigenvalue weighted by molar-refractivity contribution is 5.92. The number of urea groups is 1. The van der Waals surface area contributed by atoms with E-state index in [-0.39, 0.29) is 24.5 Å². The smallest absolute Gasteiger partial charge is 0.343 e. The minimum atomic E-state index is -0.452. The first-order valence-electron chi connectivity index (χ1n) is 9.71. The molecule has 152 valence electrons. The molecule has 1 aromatic rings. The Morgan fingerprint density at radius 3 is 2.21 bits per heavy atom. The van der Waals surface area contributed by atoms with Crippen LogP contribution in [0.4, 0.5) is 10.5 Å². The molecule has 0 bridgehead atoms. The predicted octanol–water partition coefficient (Wildman–Crippen LogP) is 2.10. The number of piperidine rings is 1. The van der Waals surface area contributed by atoms with E-state index in [2.05, 4.69) is 10.1 Å². The molecule has 0 radical (unpaired) electrons. The molecule has 2 fully saturated rings. The number of carbonyl (C=O) groups is 3. The van der Waals surface area contributed by atoms with Crippen molar-refractivity contribution in [2.75, 3.05) is 45.2 Å². The highest BCUT2D eigenvalue weighted by Gasteiger charge is 2.30. The summed E-state index contributed by atoms with van der Waals surface area (Å²) in [6, 6.07) is 6.96. The molecule has 2 aliphatic rings. The number of benzene rings is 1. The zero-order valence-corrected chi connectivity index (χ0v) is 16.2. The Kier molecular flexibility index (Phi) is 6.73. The van der Waals surface area contributed by atoms with E-state index in [1.165, 1.54) is 7.11 Å². The number of ether oxygens (including phenoxy) is 2. The molecule has 2 aliphatic heterocycles. The quantitative estimate of drug-likeness (QED) is 0.779. The normalized spacial score (nSPS) is 17.3. The molecule has 0 saturated carbocycles. The van der Waals surface area contributed by atoms with Crippen molar-refractivity contribution in [3.8, 4) is 5.75 Å². The van der Waals surface area contributed by atoms with Gasteiger partial charge >= 0.3 is 12.0 Å². The van der Waals surface area contributed by atoms with Gasteiger partial charge in [-0.2, -0.15) is 0 Å². The van der Waals surface area contributed by atoms with Crippen LogP contribution in [0.3, 0.4) is 0 Å². The van der Waals surface area contributed by atoms with Crippen molar-refractivity contribution >= 4 is 23.6 Å². The summed E-state index contributed by atoms with van der Waals surface area (Å²) in [6.45, 7) is 2.77. The maximum Gasteiger partial charge on any atom is 0.343 e. The van der Waals surface area contributed by atoms with Gasteiger partial charge in [-0.15, -0.1) is 0 Å². The highest BCUT2D eigenvalue weighted by atomic mass is 16.6. The molecule has 1 aromatic carbocycles. The van der Waals surface area contributed by atoms with Gasteiger partial charge in [-0.1, -0.05) is 0 Å². The zero-order valence-electron chi connectivity index (χ0n) is 16.2. The Hall–Kier alpha value is -2.77. The van der Waals surface area contributed by atoms with Gasteiger partial charge in [-0.05, 0) is 49.9 Å². The second-order valence-electron chi connectivity index (χ2n) is 7.12. The molecule has 8 heteroatoms. The fourth-order valence-corrected chi connectivity index (χ4v) is 3.52. The van der Waals surface area contributed by atoms with E-state index in [9.17, 15) is 14.4 Å². The van der Waals surface area contributed by atoms with Gasteiger partial charge in [0, 0.05) is 37.8 Å². The summed E-state index contributed by atoms with van der Waals surface area (Å²) in [5.74, 6) is -0.0570. The maximum atomic E-state index is 12.5. The van der Waals surface area contributed by atoms with Crippen molar-refractivity contribution in [1.29, 1.82) is 0 Å². The van der Waals surface area contributed by atoms with Crippen LogP contribution >= 0.6 is 0 Å². The summed E-state index contributed by atoms with van der Waals surface area (Å²) >= 11 is 0. The SMILES string of the molecule is COC(=O)COc1ccc(NC(=O)C2CCN(C(=O)N3CCCC3)CC2)cc1. The lowest BCUT2D eigenvalue weighted by molar-refractivity contribution is -0.142. The van der Waals surface area contributed by atoms with Crippen LogP contribution in [0, 0.1) is 5.92 Å². The van der Waals surface area contributed by atoms with Crippen LogP contribution in [0.25, 0.3) is 0 Å². The third-order valence-electron chi connectivity index (χ3n) is 5.22. The van der Waals surface area contributed by atoms with Gasteiger partial charge in [-0.25, -0.2) is 9.59 Å². The third-order valence-corrected chi connectivity index (χ3v) is 5.22. The summed E-state index contributed by atoms with van der Waals surface area (Å²) in [5.41, 5.74) is 0.672. The van der Waals surface area contributed by atoms with Crippen LogP contribution in [0.15, 0.2) is 24.3 Å². The van der Waals surface area contributed by atoms with E-state index in [1.54, 1.807) is 24.3 Å². The van der Waals surface area contributed by atoms with E-state index >= 15 is 0 Å². The summed E-state index contributed by atoms with van der Waals surface area (Å²) in [4.78, 5) is 39.8. The van der Waals surface area contributed by atoms with Gasteiger partial charge in [0.25, 0.3) is 0 Å². The number of amides is 3. The van der Waals surface area contributed by atoms with Crippen molar-refractivity contribution < 1.29 is 23.9 Å². The number of hydrogen-bond donors (Lipinski definition) is 1. The number of carbonyl (C=O) groups excluding carboxylic acids is 3. The van der Waals surface area contributed by atoms with Crippen molar-refractivity contribution in [3.63, 3.8) is 0 Å². The monoisotopic (exact) mass is 389 g/mol. The average Bonchev–Trinajstić information content (AvgIpc) is 3.27. The molecule has 2 heterocycles. The lowest BCUT2D eigenvalue weighted by Gasteiger charge is -2.34. The van der Waals surface area contributed by atoms with Gasteiger partial charge in [0.15, 0.2) is 6.61 Å². The standard InChI is InChI=1S/C20H27N3O5/c1-27-18(24)14-28-17-6-4-16(5-7-17)21-19(25)15-8-12-23(13-9-15)20(26)22-10-2-3-11-22/h4-7,15H,2-3,8-14H2,1H3,(H,21,25). The number of methoxy groups -OCH3 is 1. The molecule has 28 heavy (non-hydrogen) atoms. The number of hydrogen-bond acceptors (Lipinski definition) is 5. The van der Waals surface area contributed by atoms with Gasteiger partial charge in [0.1, 0.15) is 5.75 Å². The zero-order chi connectivity index (χ0) is 19.9. The van der Waals surface area contributed by atoms with Gasteiger partial charge in [0.05, 0.1) is 7.11 Å². The molecule has 0 aromatic heterocycles. The molecule has 8 nitrogen and oxygen atoms in total. The lowest BCUT2D eigenvalue weighted by atomic mass is 9.96. The third kappa shape index (κ3) is 5.15. The first-order chi connectivity index (χ1) is 13.6. The first kappa shape index (κ1) is 20.0. The molecule has 0 unspecified atom stereocenters. The maximum absolute atomic E-state index is 12.5. The fourth-order valence-electron chi connectivity index (χ4n) is 3.52. The second-order valence-corrected chi connectivity index (χ2v) is 7.12. The van der Waals surface area contributed by atoms with Crippen LogP contribution in [-0.4, -0.2) is 67.6 Å². The van der Waals surface area contributed by atoms with Crippen molar-refractivity contribution in [3.05, 3.63) is 24.3 Å². The van der Waals surface area contributed by atoms with E-state index in [1.807, 2.05) is 9.80 Å². The number of nitrogens with zero attached hydrogens (tertiary/aromatic N) is 2. The average molecular weight is 389 g/mol. The number of rotatable bonds is 5. The summed E-state index contributed by atoms with van der Waals surface area (Å²) < 4.78 is 9.80. The lowest BCUT2D eigenvalue weighted by Crippen LogP contribution is -2.47. The van der Waals surface area contributed by atoms with E-state index < -0.39 is 5.97 Å². The van der Waals surface area contributed by atoms with Crippen LogP contribution in [0.2, 0.25) is 0 Å². The Labute approximate surface area is 164 Å². The van der Waals surface area contributed by atoms with Crippen LogP contribution in [0.1, 0.15) is 25.7 Å². The van der Waals surface area contributed by atoms with Crippen molar-refractivity contribution in [2.24, 2.45) is 5.92 Å². The molecular weight excluding hydrogens is 362 g/mol. The molecule has 0 atom stereocenters. The van der Waals surface area contributed by atoms with E-state index in [0.717, 1.165) is 25.9 Å². The first-order valence-corrected chi connectivity index (χ1v) is 9.71. The topological polar surface area (TPSA) is 88.2 Å². The van der Waals surface area contributed by atoms with Crippen molar-refractivity contribution in [2.45, 2.75) is 25.7 Å². The van der Waals surface area contributed by atoms with Crippen LogP contribution in [-0.2, 0) is 14.3 Å². The van der Waals surface area contributed by atoms with Gasteiger partial charge in [0.2, 0.25) is 5.91 Å². The Morgan fingerprint density at radius 2 is 1.61 bits per heavy atom. The van der Waals surface area contributed by atoms with Crippen molar-refractivity contribution in [1.82, 2.24) is 9.80 Å². The molecule has 3 amide bonds. The second kappa shape index (κ2) is 9.43. The highest BCUT2D eigenvalue weighted by Crippen LogP contribution is 2.22. The van der Waals surface area contributed by atoms with Crippen LogP contribution < -0.4 is 10.1 Å². The summed E-state index contributed by atoms with van der Waals surface area (Å²) in [6.07, 6.45) is 3.51. The van der Waals surface area contributed by atoms with Gasteiger partial charge in [-0.3, -0.25) is 4.79 Å². The minimum Gasteiger partial charge on any atom is -0.482 e. The number of anilines is 1. The minimum absolute atomic E-state index is 0.0310. The van der Waals surface area contributed by atoms with E-state index in [0.29, 0.717) is 37.4 Å². The fraction of sp³-hybridized carbons (Fsp3) is 0.550. The summed E-state index contributed by atoms with van der Waals surface area (Å²) in [5, 5.41) is 2.91. The number of nitrogens with one attached hydrogen (secondary N) is 1. The molecule has 0 spiro atoms. The van der Waals surface area contributed by atoms with Crippen LogP contribution in [0.5, 0.6) is 5.75 Å². The summed E-state index contributed by atoms with van der Waals surface area (Å²) in [7, 11) is 1.30. The molecule has 2 saturated heterocycles. The number of esters is 1. The van der Waals surface area contributed by atoms with Gasteiger partial charge < -0.3 is 24.6 Å². The molecule has 3 rings (SSSR count). The number of likely N-dealkylation sites (tertiary alicyclic amines) is 2. The molecule has 1 N–H and O–H groups in total. The Morgan fingerprint density at radius 1 is 1.00 bits per heavy atom. The molecule has 0 aliphatic carbocycles. The predicted molar refractivity (Wildman–Crippen MR) is 103 cm³/mol.